The highest BCUT2D eigenvalue weighted by Crippen LogP contribution is 2.13. The van der Waals surface area contributed by atoms with E-state index in [1.807, 2.05) is 7.05 Å². The normalized spacial score (nSPS) is 9.79. The van der Waals surface area contributed by atoms with Gasteiger partial charge < -0.3 is 21.3 Å². The summed E-state index contributed by atoms with van der Waals surface area (Å²) in [5.41, 5.74) is 1.39. The van der Waals surface area contributed by atoms with Crippen molar-refractivity contribution in [2.75, 3.05) is 31.3 Å². The molecule has 4 N–H and O–H groups in total. The van der Waals surface area contributed by atoms with Crippen LogP contribution in [0.1, 0.15) is 12.8 Å². The Morgan fingerprint density at radius 3 is 2.11 bits per heavy atom. The topological polar surface area (TPSA) is 82.3 Å². The van der Waals surface area contributed by atoms with Crippen LogP contribution in [0.5, 0.6) is 0 Å². The number of hydrogen-bond acceptors (Lipinski definition) is 3. The maximum Gasteiger partial charge on any atom is 0.318 e. The molecule has 0 aliphatic rings. The number of amides is 3. The lowest BCUT2D eigenvalue weighted by molar-refractivity contribution is -0.116. The van der Waals surface area contributed by atoms with E-state index in [1.54, 1.807) is 31.3 Å². The lowest BCUT2D eigenvalue weighted by atomic mass is 10.2. The third kappa shape index (κ3) is 5.87. The van der Waals surface area contributed by atoms with E-state index in [0.717, 1.165) is 18.7 Å². The van der Waals surface area contributed by atoms with Gasteiger partial charge in [-0.15, -0.1) is 0 Å². The Morgan fingerprint density at radius 1 is 1.00 bits per heavy atom. The number of benzene rings is 1. The van der Waals surface area contributed by atoms with Crippen LogP contribution in [0.4, 0.5) is 16.2 Å². The highest BCUT2D eigenvalue weighted by molar-refractivity contribution is 5.92. The zero-order valence-electron chi connectivity index (χ0n) is 11.2. The van der Waals surface area contributed by atoms with Crippen molar-refractivity contribution in [2.24, 2.45) is 0 Å². The second-order valence-corrected chi connectivity index (χ2v) is 4.04. The van der Waals surface area contributed by atoms with Crippen LogP contribution in [0, 0.1) is 0 Å². The minimum Gasteiger partial charge on any atom is -0.341 e. The first-order valence-electron chi connectivity index (χ1n) is 6.19. The van der Waals surface area contributed by atoms with Gasteiger partial charge in [0.25, 0.3) is 0 Å². The molecular formula is C13H20N4O2. The molecule has 104 valence electrons. The van der Waals surface area contributed by atoms with Crippen LogP contribution < -0.4 is 21.3 Å². The Hall–Kier alpha value is -2.08. The lowest BCUT2D eigenvalue weighted by Crippen LogP contribution is -2.24. The molecule has 1 rings (SSSR count). The Kier molecular flexibility index (Phi) is 6.38. The molecule has 0 radical (unpaired) electrons. The Morgan fingerprint density at radius 2 is 1.58 bits per heavy atom. The fraction of sp³-hybridized carbons (Fsp3) is 0.385. The Balaban J connectivity index is 2.43. The molecule has 0 aliphatic carbocycles. The zero-order valence-corrected chi connectivity index (χ0v) is 11.2. The van der Waals surface area contributed by atoms with Gasteiger partial charge in [-0.2, -0.15) is 0 Å². The number of rotatable bonds is 6. The van der Waals surface area contributed by atoms with E-state index in [9.17, 15) is 9.59 Å². The van der Waals surface area contributed by atoms with Gasteiger partial charge >= 0.3 is 6.03 Å². The van der Waals surface area contributed by atoms with E-state index >= 15 is 0 Å². The SMILES string of the molecule is CNCCCC(=O)Nc1ccc(NC(=O)NC)cc1. The molecule has 1 aromatic carbocycles. The molecule has 3 amide bonds. The quantitative estimate of drug-likeness (QED) is 0.586. The van der Waals surface area contributed by atoms with Crippen LogP contribution >= 0.6 is 0 Å². The van der Waals surface area contributed by atoms with Crippen LogP contribution in [-0.4, -0.2) is 32.6 Å². The van der Waals surface area contributed by atoms with Crippen LogP contribution in [0.25, 0.3) is 0 Å². The van der Waals surface area contributed by atoms with E-state index < -0.39 is 0 Å². The third-order valence-electron chi connectivity index (χ3n) is 2.48. The minimum atomic E-state index is -0.274. The van der Waals surface area contributed by atoms with Gasteiger partial charge in [0, 0.05) is 24.8 Å². The van der Waals surface area contributed by atoms with Crippen molar-refractivity contribution in [1.29, 1.82) is 0 Å². The van der Waals surface area contributed by atoms with Crippen molar-refractivity contribution < 1.29 is 9.59 Å². The molecule has 0 heterocycles. The van der Waals surface area contributed by atoms with Crippen molar-refractivity contribution in [3.63, 3.8) is 0 Å². The first-order chi connectivity index (χ1) is 9.15. The van der Waals surface area contributed by atoms with E-state index in [1.165, 1.54) is 0 Å². The molecule has 0 saturated heterocycles. The molecule has 0 saturated carbocycles. The summed E-state index contributed by atoms with van der Waals surface area (Å²) in [5, 5.41) is 10.9. The predicted molar refractivity (Wildman–Crippen MR) is 76.3 cm³/mol. The number of nitrogens with one attached hydrogen (secondary N) is 4. The van der Waals surface area contributed by atoms with Crippen LogP contribution in [0.3, 0.4) is 0 Å². The second kappa shape index (κ2) is 8.10. The van der Waals surface area contributed by atoms with Crippen molar-refractivity contribution in [2.45, 2.75) is 12.8 Å². The van der Waals surface area contributed by atoms with Crippen LogP contribution in [0.2, 0.25) is 0 Å². The van der Waals surface area contributed by atoms with Crippen LogP contribution in [-0.2, 0) is 4.79 Å². The molecule has 0 bridgehead atoms. The largest absolute Gasteiger partial charge is 0.341 e. The molecule has 6 nitrogen and oxygen atoms in total. The number of carbonyl (C=O) groups excluding carboxylic acids is 2. The van der Waals surface area contributed by atoms with Gasteiger partial charge in [0.05, 0.1) is 0 Å². The monoisotopic (exact) mass is 264 g/mol. The zero-order chi connectivity index (χ0) is 14.1. The Bertz CT molecular complexity index is 417. The molecule has 0 aromatic heterocycles. The molecule has 1 aromatic rings. The summed E-state index contributed by atoms with van der Waals surface area (Å²) in [4.78, 5) is 22.7. The molecular weight excluding hydrogens is 244 g/mol. The molecule has 6 heteroatoms. The van der Waals surface area contributed by atoms with E-state index in [-0.39, 0.29) is 11.9 Å². The number of anilines is 2. The maximum atomic E-state index is 11.6. The summed E-state index contributed by atoms with van der Waals surface area (Å²) in [5.74, 6) is -0.0118. The second-order valence-electron chi connectivity index (χ2n) is 4.04. The predicted octanol–water partition coefficient (Wildman–Crippen LogP) is 1.38. The molecule has 19 heavy (non-hydrogen) atoms. The first-order valence-corrected chi connectivity index (χ1v) is 6.19. The fourth-order valence-electron chi connectivity index (χ4n) is 1.48. The van der Waals surface area contributed by atoms with Crippen molar-refractivity contribution in [1.82, 2.24) is 10.6 Å². The molecule has 0 spiro atoms. The van der Waals surface area contributed by atoms with Gasteiger partial charge in [0.2, 0.25) is 5.91 Å². The standard InChI is InChI=1S/C13H20N4O2/c1-14-9-3-4-12(18)16-10-5-7-11(8-6-10)17-13(19)15-2/h5-8,14H,3-4,9H2,1-2H3,(H,16,18)(H2,15,17,19). The van der Waals surface area contributed by atoms with Crippen molar-refractivity contribution in [3.8, 4) is 0 Å². The average Bonchev–Trinajstić information content (AvgIpc) is 2.41. The number of urea groups is 1. The molecule has 0 fully saturated rings. The van der Waals surface area contributed by atoms with Gasteiger partial charge in [-0.1, -0.05) is 0 Å². The number of hydrogen-bond donors (Lipinski definition) is 4. The van der Waals surface area contributed by atoms with Gasteiger partial charge in [0.15, 0.2) is 0 Å². The van der Waals surface area contributed by atoms with Crippen LogP contribution in [0.15, 0.2) is 24.3 Å². The fourth-order valence-corrected chi connectivity index (χ4v) is 1.48. The third-order valence-corrected chi connectivity index (χ3v) is 2.48. The van der Waals surface area contributed by atoms with E-state index in [4.69, 9.17) is 0 Å². The summed E-state index contributed by atoms with van der Waals surface area (Å²) < 4.78 is 0. The first kappa shape index (κ1) is 15.0. The van der Waals surface area contributed by atoms with E-state index in [0.29, 0.717) is 12.1 Å². The number of carbonyl (C=O) groups is 2. The summed E-state index contributed by atoms with van der Waals surface area (Å²) >= 11 is 0. The average molecular weight is 264 g/mol. The molecule has 0 aliphatic heterocycles. The summed E-state index contributed by atoms with van der Waals surface area (Å²) in [6.45, 7) is 0.822. The maximum absolute atomic E-state index is 11.6. The Labute approximate surface area is 113 Å². The van der Waals surface area contributed by atoms with Gasteiger partial charge in [-0.05, 0) is 44.3 Å². The van der Waals surface area contributed by atoms with Gasteiger partial charge in [-0.3, -0.25) is 4.79 Å². The lowest BCUT2D eigenvalue weighted by Gasteiger charge is -2.07. The molecule has 0 atom stereocenters. The van der Waals surface area contributed by atoms with Gasteiger partial charge in [0.1, 0.15) is 0 Å². The summed E-state index contributed by atoms with van der Waals surface area (Å²) in [7, 11) is 3.41. The van der Waals surface area contributed by atoms with Crippen molar-refractivity contribution in [3.05, 3.63) is 24.3 Å². The highest BCUT2D eigenvalue weighted by atomic mass is 16.2. The minimum absolute atomic E-state index is 0.0118. The summed E-state index contributed by atoms with van der Waals surface area (Å²) in [6.07, 6.45) is 1.29. The molecule has 0 unspecified atom stereocenters. The van der Waals surface area contributed by atoms with Gasteiger partial charge in [-0.25, -0.2) is 4.79 Å². The van der Waals surface area contributed by atoms with E-state index in [2.05, 4.69) is 21.3 Å². The smallest absolute Gasteiger partial charge is 0.318 e. The van der Waals surface area contributed by atoms with Crippen molar-refractivity contribution >= 4 is 23.3 Å². The summed E-state index contributed by atoms with van der Waals surface area (Å²) in [6, 6.07) is 6.70. The highest BCUT2D eigenvalue weighted by Gasteiger charge is 2.02.